The highest BCUT2D eigenvalue weighted by Crippen LogP contribution is 2.25. The number of fused-ring (bicyclic) bond motifs is 1. The van der Waals surface area contributed by atoms with E-state index in [1.807, 2.05) is 0 Å². The van der Waals surface area contributed by atoms with Crippen LogP contribution in [0.4, 0.5) is 0 Å². The minimum atomic E-state index is -1.35. The zero-order valence-electron chi connectivity index (χ0n) is 9.67. The van der Waals surface area contributed by atoms with E-state index in [0.717, 1.165) is 0 Å². The van der Waals surface area contributed by atoms with Gasteiger partial charge in [-0.05, 0) is 0 Å². The molecule has 3 heterocycles. The third-order valence-electron chi connectivity index (χ3n) is 3.11. The summed E-state index contributed by atoms with van der Waals surface area (Å²) < 4.78 is 6.63. The Hall–Kier alpha value is -1.81. The number of rotatable bonds is 1. The fourth-order valence-electron chi connectivity index (χ4n) is 2.08. The molecule has 102 valence electrons. The first-order valence-corrected chi connectivity index (χ1v) is 5.65. The predicted molar refractivity (Wildman–Crippen MR) is 61.2 cm³/mol. The summed E-state index contributed by atoms with van der Waals surface area (Å²) in [5.74, 6) is 0. The smallest absolute Gasteiger partial charge is 0.278 e. The first-order valence-electron chi connectivity index (χ1n) is 5.65. The Morgan fingerprint density at radius 1 is 1.32 bits per heavy atom. The van der Waals surface area contributed by atoms with Crippen LogP contribution in [0, 0.1) is 0 Å². The van der Waals surface area contributed by atoms with Gasteiger partial charge >= 0.3 is 0 Å². The molecule has 0 aliphatic carbocycles. The second kappa shape index (κ2) is 4.38. The number of hydrogen-bond acceptors (Lipinski definition) is 7. The van der Waals surface area contributed by atoms with Gasteiger partial charge in [0.05, 0.1) is 19.3 Å². The Morgan fingerprint density at radius 3 is 2.89 bits per heavy atom. The van der Waals surface area contributed by atoms with Crippen LogP contribution in [0.3, 0.4) is 0 Å². The molecule has 1 aliphatic heterocycles. The number of hydrogen-bond donors (Lipinski definition) is 4. The summed E-state index contributed by atoms with van der Waals surface area (Å²) in [4.78, 5) is 21.7. The molecule has 1 aliphatic rings. The van der Waals surface area contributed by atoms with Gasteiger partial charge in [-0.25, -0.2) is 9.97 Å². The van der Waals surface area contributed by atoms with Crippen molar-refractivity contribution in [1.29, 1.82) is 0 Å². The van der Waals surface area contributed by atoms with E-state index in [-0.39, 0.29) is 17.8 Å². The first kappa shape index (κ1) is 12.2. The molecule has 0 spiro atoms. The van der Waals surface area contributed by atoms with Crippen LogP contribution < -0.4 is 5.56 Å². The minimum absolute atomic E-state index is 0.110. The topological polar surface area (TPSA) is 133 Å². The van der Waals surface area contributed by atoms with Gasteiger partial charge in [0.1, 0.15) is 18.3 Å². The van der Waals surface area contributed by atoms with Crippen LogP contribution in [-0.4, -0.2) is 59.8 Å². The third kappa shape index (κ3) is 1.83. The zero-order chi connectivity index (χ0) is 13.6. The van der Waals surface area contributed by atoms with E-state index in [2.05, 4.69) is 15.0 Å². The molecule has 4 N–H and O–H groups in total. The lowest BCUT2D eigenvalue weighted by Gasteiger charge is -2.35. The van der Waals surface area contributed by atoms with Crippen molar-refractivity contribution in [3.63, 3.8) is 0 Å². The van der Waals surface area contributed by atoms with Gasteiger partial charge in [-0.2, -0.15) is 0 Å². The maximum Gasteiger partial charge on any atom is 0.278 e. The van der Waals surface area contributed by atoms with Gasteiger partial charge in [-0.1, -0.05) is 0 Å². The summed E-state index contributed by atoms with van der Waals surface area (Å²) >= 11 is 0. The number of aliphatic hydroxyl groups excluding tert-OH is 3. The molecule has 0 unspecified atom stereocenters. The Labute approximate surface area is 106 Å². The van der Waals surface area contributed by atoms with Crippen molar-refractivity contribution >= 4 is 11.2 Å². The number of aromatic nitrogens is 4. The normalized spacial score (nSPS) is 31.7. The molecular formula is C10H12N4O5. The lowest BCUT2D eigenvalue weighted by molar-refractivity contribution is -0.210. The molecule has 2 aromatic rings. The fourth-order valence-corrected chi connectivity index (χ4v) is 2.08. The fraction of sp³-hybridized carbons (Fsp3) is 0.500. The van der Waals surface area contributed by atoms with E-state index in [1.165, 1.54) is 17.2 Å². The van der Waals surface area contributed by atoms with Crippen molar-refractivity contribution in [3.8, 4) is 0 Å². The van der Waals surface area contributed by atoms with Gasteiger partial charge < -0.3 is 25.0 Å². The summed E-state index contributed by atoms with van der Waals surface area (Å²) in [6.45, 7) is -0.133. The molecule has 2 aromatic heterocycles. The molecular weight excluding hydrogens is 256 g/mol. The molecule has 1 fully saturated rings. The number of H-pyrrole nitrogens is 1. The van der Waals surface area contributed by atoms with Crippen LogP contribution in [0.25, 0.3) is 11.2 Å². The minimum Gasteiger partial charge on any atom is -0.388 e. The van der Waals surface area contributed by atoms with Gasteiger partial charge in [0.2, 0.25) is 0 Å². The molecule has 0 aromatic carbocycles. The van der Waals surface area contributed by atoms with E-state index in [4.69, 9.17) is 4.74 Å². The summed E-state index contributed by atoms with van der Waals surface area (Å²) in [5.41, 5.74) is -0.0649. The van der Waals surface area contributed by atoms with Crippen LogP contribution in [0.1, 0.15) is 6.23 Å². The molecule has 3 rings (SSSR count). The van der Waals surface area contributed by atoms with E-state index in [1.54, 1.807) is 0 Å². The van der Waals surface area contributed by atoms with Crippen LogP contribution in [0.15, 0.2) is 17.4 Å². The van der Waals surface area contributed by atoms with Gasteiger partial charge in [-0.3, -0.25) is 9.36 Å². The average Bonchev–Trinajstić information content (AvgIpc) is 2.82. The largest absolute Gasteiger partial charge is 0.388 e. The summed E-state index contributed by atoms with van der Waals surface area (Å²) in [7, 11) is 0. The molecule has 0 radical (unpaired) electrons. The highest BCUT2D eigenvalue weighted by Gasteiger charge is 2.39. The van der Waals surface area contributed by atoms with Crippen molar-refractivity contribution in [2.45, 2.75) is 24.5 Å². The van der Waals surface area contributed by atoms with Gasteiger partial charge in [0.25, 0.3) is 5.56 Å². The molecule has 0 saturated carbocycles. The zero-order valence-corrected chi connectivity index (χ0v) is 9.67. The molecule has 19 heavy (non-hydrogen) atoms. The number of aromatic amines is 1. The van der Waals surface area contributed by atoms with Crippen molar-refractivity contribution < 1.29 is 20.1 Å². The van der Waals surface area contributed by atoms with E-state index >= 15 is 0 Å². The van der Waals surface area contributed by atoms with E-state index in [9.17, 15) is 20.1 Å². The number of imidazole rings is 1. The Bertz CT molecular complexity index is 653. The number of ether oxygens (including phenoxy) is 1. The Kier molecular flexibility index (Phi) is 2.82. The molecule has 4 atom stereocenters. The standard InChI is InChI=1S/C10H12N4O5/c15-4-1-19-10(7(17)6(4)16)14-3-13-5-8(14)11-2-12-9(5)18/h2-4,6-7,10,15-17H,1H2,(H,11,12,18)/t4-,6-,7-,10+/m1/s1. The first-order chi connectivity index (χ1) is 9.09. The second-order valence-electron chi connectivity index (χ2n) is 4.33. The number of nitrogens with one attached hydrogen (secondary N) is 1. The molecule has 9 nitrogen and oxygen atoms in total. The van der Waals surface area contributed by atoms with E-state index in [0.29, 0.717) is 0 Å². The van der Waals surface area contributed by atoms with Gasteiger partial charge in [0.15, 0.2) is 17.4 Å². The lowest BCUT2D eigenvalue weighted by atomic mass is 10.0. The summed E-state index contributed by atoms with van der Waals surface area (Å²) in [6, 6.07) is 0. The van der Waals surface area contributed by atoms with Crippen LogP contribution in [0.2, 0.25) is 0 Å². The van der Waals surface area contributed by atoms with Crippen molar-refractivity contribution in [2.75, 3.05) is 6.61 Å². The highest BCUT2D eigenvalue weighted by molar-refractivity contribution is 5.68. The maximum absolute atomic E-state index is 11.5. The Balaban J connectivity index is 2.05. The third-order valence-corrected chi connectivity index (χ3v) is 3.11. The van der Waals surface area contributed by atoms with E-state index < -0.39 is 30.1 Å². The number of nitrogens with zero attached hydrogens (tertiary/aromatic N) is 3. The van der Waals surface area contributed by atoms with Crippen molar-refractivity contribution in [3.05, 3.63) is 23.0 Å². The van der Waals surface area contributed by atoms with Crippen LogP contribution in [0.5, 0.6) is 0 Å². The lowest BCUT2D eigenvalue weighted by Crippen LogP contribution is -2.50. The predicted octanol–water partition coefficient (Wildman–Crippen LogP) is -2.27. The summed E-state index contributed by atoms with van der Waals surface area (Å²) in [6.07, 6.45) is -2.29. The number of aliphatic hydroxyl groups is 3. The Morgan fingerprint density at radius 2 is 2.11 bits per heavy atom. The van der Waals surface area contributed by atoms with Crippen LogP contribution >= 0.6 is 0 Å². The summed E-state index contributed by atoms with van der Waals surface area (Å²) in [5, 5.41) is 28.9. The highest BCUT2D eigenvalue weighted by atomic mass is 16.5. The SMILES string of the molecule is O=c1[nH]cnc2c1ncn2[C@H]1OC[C@@H](O)[C@@H](O)[C@H]1O. The van der Waals surface area contributed by atoms with Crippen LogP contribution in [-0.2, 0) is 4.74 Å². The molecule has 1 saturated heterocycles. The van der Waals surface area contributed by atoms with Crippen molar-refractivity contribution in [1.82, 2.24) is 19.5 Å². The maximum atomic E-state index is 11.5. The molecule has 9 heteroatoms. The monoisotopic (exact) mass is 268 g/mol. The van der Waals surface area contributed by atoms with Gasteiger partial charge in [-0.15, -0.1) is 0 Å². The second-order valence-corrected chi connectivity index (χ2v) is 4.33. The van der Waals surface area contributed by atoms with Crippen molar-refractivity contribution in [2.24, 2.45) is 0 Å². The molecule has 0 amide bonds. The molecule has 0 bridgehead atoms. The quantitative estimate of drug-likeness (QED) is 0.458. The van der Waals surface area contributed by atoms with Gasteiger partial charge in [0, 0.05) is 0 Å². The average molecular weight is 268 g/mol.